The van der Waals surface area contributed by atoms with Crippen LogP contribution in [0.3, 0.4) is 0 Å². The lowest BCUT2D eigenvalue weighted by Gasteiger charge is -2.26. The third-order valence-electron chi connectivity index (χ3n) is 2.53. The molecule has 0 radical (unpaired) electrons. The summed E-state index contributed by atoms with van der Waals surface area (Å²) in [6.07, 6.45) is -1.90. The Hall–Kier alpha value is -2.07. The molecule has 160 valence electrons. The third-order valence-corrected chi connectivity index (χ3v) is 2.53. The number of alkyl carbamates (subject to hydrolysis) is 2. The summed E-state index contributed by atoms with van der Waals surface area (Å²) in [6, 6.07) is -0.662. The van der Waals surface area contributed by atoms with Gasteiger partial charge in [-0.2, -0.15) is 0 Å². The van der Waals surface area contributed by atoms with Gasteiger partial charge in [-0.15, -0.1) is 0 Å². The maximum Gasteiger partial charge on any atom is 0.408 e. The Balaban J connectivity index is 0. The second kappa shape index (κ2) is 12.3. The zero-order valence-electron chi connectivity index (χ0n) is 17.3. The summed E-state index contributed by atoms with van der Waals surface area (Å²) < 4.78 is 10.2. The number of hydrogen-bond donors (Lipinski definition) is 5. The van der Waals surface area contributed by atoms with E-state index in [2.05, 4.69) is 10.6 Å². The highest BCUT2D eigenvalue weighted by molar-refractivity contribution is 5.68. The number of carboxylic acid groups (broad SMARTS) is 1. The Bertz CT molecular complexity index is 466. The van der Waals surface area contributed by atoms with Crippen molar-refractivity contribution in [3.8, 4) is 0 Å². The molecule has 2 amide bonds. The molecule has 0 aromatic rings. The van der Waals surface area contributed by atoms with Gasteiger partial charge in [0.15, 0.2) is 0 Å². The van der Waals surface area contributed by atoms with Gasteiger partial charge >= 0.3 is 12.2 Å². The number of carbonyl (C=O) groups excluding carboxylic acids is 2. The largest absolute Gasteiger partial charge is 0.481 e. The predicted molar refractivity (Wildman–Crippen MR) is 100 cm³/mol. The minimum Gasteiger partial charge on any atom is -0.481 e. The van der Waals surface area contributed by atoms with Crippen LogP contribution in [0.1, 0.15) is 54.9 Å². The lowest BCUT2D eigenvalue weighted by atomic mass is 10.1. The predicted octanol–water partition coefficient (Wildman–Crippen LogP) is 1.21. The fourth-order valence-corrected chi connectivity index (χ4v) is 1.61. The molecule has 10 nitrogen and oxygen atoms in total. The molecule has 0 aromatic carbocycles. The number of hydrogen-bond acceptors (Lipinski definition) is 7. The van der Waals surface area contributed by atoms with Gasteiger partial charge in [0.2, 0.25) is 0 Å². The highest BCUT2D eigenvalue weighted by Crippen LogP contribution is 2.08. The van der Waals surface area contributed by atoms with Crippen molar-refractivity contribution >= 4 is 18.2 Å². The summed E-state index contributed by atoms with van der Waals surface area (Å²) in [5.74, 6) is -0.833. The van der Waals surface area contributed by atoms with Crippen molar-refractivity contribution < 1.29 is 34.1 Å². The number of nitrogens with two attached hydrogens (primary N) is 1. The van der Waals surface area contributed by atoms with Crippen LogP contribution in [0.2, 0.25) is 0 Å². The first-order valence-corrected chi connectivity index (χ1v) is 8.61. The Kier molecular flexibility index (Phi) is 12.4. The van der Waals surface area contributed by atoms with Crippen molar-refractivity contribution in [2.24, 2.45) is 5.73 Å². The van der Waals surface area contributed by atoms with E-state index in [9.17, 15) is 14.7 Å². The first-order chi connectivity index (χ1) is 12.1. The van der Waals surface area contributed by atoms with Gasteiger partial charge in [0.05, 0.1) is 12.1 Å². The number of ether oxygens (including phenoxy) is 2. The van der Waals surface area contributed by atoms with Crippen molar-refractivity contribution in [2.45, 2.75) is 78.2 Å². The summed E-state index contributed by atoms with van der Waals surface area (Å²) in [4.78, 5) is 32.2. The molecule has 0 aliphatic heterocycles. The Morgan fingerprint density at radius 3 is 1.78 bits per heavy atom. The highest BCUT2D eigenvalue weighted by Gasteiger charge is 2.24. The van der Waals surface area contributed by atoms with Crippen LogP contribution in [0, 0.1) is 0 Å². The molecule has 27 heavy (non-hydrogen) atoms. The topological polar surface area (TPSA) is 160 Å². The number of carbonyl (C=O) groups is 3. The molecule has 6 N–H and O–H groups in total. The van der Waals surface area contributed by atoms with Crippen LogP contribution in [0.4, 0.5) is 9.59 Å². The SMILES string of the molecule is CC(=O)O.CC(C)(C)OC(=O)NCCC(O)[C@H](CN)NC(=O)OC(C)(C)C. The van der Waals surface area contributed by atoms with Gasteiger partial charge in [-0.25, -0.2) is 9.59 Å². The maximum absolute atomic E-state index is 11.7. The molecule has 0 saturated carbocycles. The zero-order valence-corrected chi connectivity index (χ0v) is 17.3. The lowest BCUT2D eigenvalue weighted by Crippen LogP contribution is -2.50. The number of nitrogens with one attached hydrogen (secondary N) is 2. The van der Waals surface area contributed by atoms with Gasteiger partial charge in [-0.3, -0.25) is 4.79 Å². The lowest BCUT2D eigenvalue weighted by molar-refractivity contribution is -0.134. The fourth-order valence-electron chi connectivity index (χ4n) is 1.61. The van der Waals surface area contributed by atoms with Gasteiger partial charge in [0, 0.05) is 20.0 Å². The van der Waals surface area contributed by atoms with Crippen LogP contribution in [-0.4, -0.2) is 64.8 Å². The fraction of sp³-hybridized carbons (Fsp3) is 0.824. The molecular weight excluding hydrogens is 358 g/mol. The minimum absolute atomic E-state index is 0.0485. The van der Waals surface area contributed by atoms with E-state index < -0.39 is 41.5 Å². The Morgan fingerprint density at radius 2 is 1.41 bits per heavy atom. The quantitative estimate of drug-likeness (QED) is 0.450. The molecule has 0 bridgehead atoms. The minimum atomic E-state index is -0.914. The Labute approximate surface area is 160 Å². The second-order valence-corrected chi connectivity index (χ2v) is 7.79. The molecule has 10 heteroatoms. The van der Waals surface area contributed by atoms with Crippen LogP contribution >= 0.6 is 0 Å². The van der Waals surface area contributed by atoms with E-state index in [1.165, 1.54) is 0 Å². The van der Waals surface area contributed by atoms with Gasteiger partial charge in [-0.05, 0) is 48.0 Å². The summed E-state index contributed by atoms with van der Waals surface area (Å²) in [5, 5.41) is 22.5. The smallest absolute Gasteiger partial charge is 0.408 e. The monoisotopic (exact) mass is 393 g/mol. The molecule has 1 unspecified atom stereocenters. The summed E-state index contributed by atoms with van der Waals surface area (Å²) in [5.41, 5.74) is 4.34. The van der Waals surface area contributed by atoms with E-state index in [-0.39, 0.29) is 19.5 Å². The van der Waals surface area contributed by atoms with Crippen molar-refractivity contribution in [2.75, 3.05) is 13.1 Å². The van der Waals surface area contributed by atoms with Gasteiger partial charge in [-0.1, -0.05) is 0 Å². The number of aliphatic hydroxyl groups excluding tert-OH is 1. The molecule has 0 fully saturated rings. The Morgan fingerprint density at radius 1 is 1.00 bits per heavy atom. The van der Waals surface area contributed by atoms with E-state index in [0.29, 0.717) is 0 Å². The van der Waals surface area contributed by atoms with Crippen molar-refractivity contribution in [3.63, 3.8) is 0 Å². The molecule has 0 aromatic heterocycles. The standard InChI is InChI=1S/C15H31N3O5.C2H4O2/c1-14(2,3)22-12(20)17-8-7-11(19)10(9-16)18-13(21)23-15(4,5)6;1-2(3)4/h10-11,19H,7-9,16H2,1-6H3,(H,17,20)(H,18,21);1H3,(H,3,4)/t10-,11?;/m0./s1. The maximum atomic E-state index is 11.7. The number of rotatable bonds is 6. The van der Waals surface area contributed by atoms with Gasteiger partial charge in [0.1, 0.15) is 11.2 Å². The van der Waals surface area contributed by atoms with E-state index in [0.717, 1.165) is 6.92 Å². The summed E-state index contributed by atoms with van der Waals surface area (Å²) in [7, 11) is 0. The van der Waals surface area contributed by atoms with Crippen molar-refractivity contribution in [1.29, 1.82) is 0 Å². The highest BCUT2D eigenvalue weighted by atomic mass is 16.6. The molecule has 0 aliphatic carbocycles. The van der Waals surface area contributed by atoms with Gasteiger partial charge in [0.25, 0.3) is 5.97 Å². The number of carboxylic acids is 1. The average Bonchev–Trinajstić information content (AvgIpc) is 2.39. The zero-order chi connectivity index (χ0) is 21.8. The molecule has 0 rings (SSSR count). The average molecular weight is 393 g/mol. The van der Waals surface area contributed by atoms with Crippen molar-refractivity contribution in [1.82, 2.24) is 10.6 Å². The number of aliphatic hydroxyl groups is 1. The molecule has 0 saturated heterocycles. The molecule has 0 heterocycles. The van der Waals surface area contributed by atoms with Crippen LogP contribution < -0.4 is 16.4 Å². The van der Waals surface area contributed by atoms with E-state index in [1.54, 1.807) is 41.5 Å². The molecule has 0 spiro atoms. The first-order valence-electron chi connectivity index (χ1n) is 8.61. The van der Waals surface area contributed by atoms with Gasteiger partial charge < -0.3 is 36.1 Å². The number of amides is 2. The summed E-state index contributed by atoms with van der Waals surface area (Å²) in [6.45, 7) is 11.8. The third kappa shape index (κ3) is 20.1. The normalized spacial score (nSPS) is 13.4. The van der Waals surface area contributed by atoms with Crippen LogP contribution in [-0.2, 0) is 14.3 Å². The van der Waals surface area contributed by atoms with E-state index >= 15 is 0 Å². The summed E-state index contributed by atoms with van der Waals surface area (Å²) >= 11 is 0. The van der Waals surface area contributed by atoms with Crippen LogP contribution in [0.25, 0.3) is 0 Å². The molecular formula is C17H35N3O7. The molecule has 0 aliphatic rings. The van der Waals surface area contributed by atoms with Crippen LogP contribution in [0.5, 0.6) is 0 Å². The molecule has 2 atom stereocenters. The van der Waals surface area contributed by atoms with E-state index in [4.69, 9.17) is 25.1 Å². The van der Waals surface area contributed by atoms with Crippen molar-refractivity contribution in [3.05, 3.63) is 0 Å². The number of aliphatic carboxylic acids is 1. The second-order valence-electron chi connectivity index (χ2n) is 7.79. The van der Waals surface area contributed by atoms with Crippen LogP contribution in [0.15, 0.2) is 0 Å². The first kappa shape index (κ1) is 27.2. The van der Waals surface area contributed by atoms with E-state index in [1.807, 2.05) is 0 Å².